The molecule has 3 heteroatoms. The van der Waals surface area contributed by atoms with E-state index >= 15 is 0 Å². The molecule has 20 heavy (non-hydrogen) atoms. The number of hydrogen-bond acceptors (Lipinski definition) is 2. The minimum Gasteiger partial charge on any atom is -0.308 e. The summed E-state index contributed by atoms with van der Waals surface area (Å²) in [5.74, 6) is 0.270. The lowest BCUT2D eigenvalue weighted by Crippen LogP contribution is -2.51. The van der Waals surface area contributed by atoms with E-state index in [9.17, 15) is 4.79 Å². The summed E-state index contributed by atoms with van der Waals surface area (Å²) in [6, 6.07) is 8.68. The Morgan fingerprint density at radius 2 is 2.05 bits per heavy atom. The summed E-state index contributed by atoms with van der Waals surface area (Å²) in [6.45, 7) is 3.14. The second-order valence-electron chi connectivity index (χ2n) is 6.08. The molecule has 1 fully saturated rings. The number of amides is 1. The molecule has 1 aromatic rings. The molecular weight excluding hydrogens is 248 g/mol. The van der Waals surface area contributed by atoms with E-state index in [0.29, 0.717) is 6.04 Å². The molecule has 1 amide bonds. The fourth-order valence-corrected chi connectivity index (χ4v) is 3.43. The second-order valence-corrected chi connectivity index (χ2v) is 6.08. The largest absolute Gasteiger partial charge is 0.308 e. The van der Waals surface area contributed by atoms with Crippen LogP contribution in [0, 0.1) is 0 Å². The molecule has 1 saturated heterocycles. The van der Waals surface area contributed by atoms with Gasteiger partial charge in [0, 0.05) is 11.7 Å². The van der Waals surface area contributed by atoms with Crippen molar-refractivity contribution in [2.24, 2.45) is 0 Å². The minimum absolute atomic E-state index is 0.00565. The maximum atomic E-state index is 12.9. The molecule has 0 bridgehead atoms. The standard InChI is InChI=1S/C17H24N2O/c1-13-10-11-14-7-4-5-9-16(14)19(13)17(20)15-8-3-2-6-12-18-15/h4-5,7,9,13,15,18H,2-3,6,8,10-12H2,1H3. The van der Waals surface area contributed by atoms with Crippen LogP contribution in [-0.4, -0.2) is 24.5 Å². The lowest BCUT2D eigenvalue weighted by Gasteiger charge is -2.37. The summed E-state index contributed by atoms with van der Waals surface area (Å²) in [5.41, 5.74) is 2.44. The Labute approximate surface area is 121 Å². The highest BCUT2D eigenvalue weighted by Crippen LogP contribution is 2.31. The van der Waals surface area contributed by atoms with Gasteiger partial charge in [0.1, 0.15) is 0 Å². The molecule has 2 aliphatic heterocycles. The van der Waals surface area contributed by atoms with Crippen molar-refractivity contribution >= 4 is 11.6 Å². The van der Waals surface area contributed by atoms with Crippen molar-refractivity contribution in [2.45, 2.75) is 57.5 Å². The Morgan fingerprint density at radius 1 is 1.20 bits per heavy atom. The van der Waals surface area contributed by atoms with E-state index in [1.807, 2.05) is 11.0 Å². The third-order valence-corrected chi connectivity index (χ3v) is 4.62. The molecule has 1 aromatic carbocycles. The average Bonchev–Trinajstić information content (AvgIpc) is 2.75. The Morgan fingerprint density at radius 3 is 2.95 bits per heavy atom. The topological polar surface area (TPSA) is 32.3 Å². The normalized spacial score (nSPS) is 26.8. The van der Waals surface area contributed by atoms with Crippen LogP contribution in [0.15, 0.2) is 24.3 Å². The van der Waals surface area contributed by atoms with Crippen molar-refractivity contribution < 1.29 is 4.79 Å². The molecule has 0 aromatic heterocycles. The number of nitrogens with zero attached hydrogens (tertiary/aromatic N) is 1. The fraction of sp³-hybridized carbons (Fsp3) is 0.588. The van der Waals surface area contributed by atoms with Crippen LogP contribution in [0.3, 0.4) is 0 Å². The van der Waals surface area contributed by atoms with Gasteiger partial charge in [-0.3, -0.25) is 4.79 Å². The van der Waals surface area contributed by atoms with Gasteiger partial charge in [-0.1, -0.05) is 31.0 Å². The Kier molecular flexibility index (Phi) is 4.06. The lowest BCUT2D eigenvalue weighted by atomic mass is 9.95. The Hall–Kier alpha value is -1.35. The molecule has 1 N–H and O–H groups in total. The summed E-state index contributed by atoms with van der Waals surface area (Å²) in [5, 5.41) is 3.44. The number of benzene rings is 1. The third kappa shape index (κ3) is 2.59. The van der Waals surface area contributed by atoms with Gasteiger partial charge in [-0.15, -0.1) is 0 Å². The number of fused-ring (bicyclic) bond motifs is 1. The van der Waals surface area contributed by atoms with Crippen molar-refractivity contribution in [1.29, 1.82) is 0 Å². The fourth-order valence-electron chi connectivity index (χ4n) is 3.43. The maximum Gasteiger partial charge on any atom is 0.244 e. The predicted octanol–water partition coefficient (Wildman–Crippen LogP) is 2.89. The SMILES string of the molecule is CC1CCc2ccccc2N1C(=O)C1CCCCCN1. The van der Waals surface area contributed by atoms with Gasteiger partial charge in [0.2, 0.25) is 5.91 Å². The van der Waals surface area contributed by atoms with Crippen molar-refractivity contribution in [1.82, 2.24) is 5.32 Å². The molecule has 0 radical (unpaired) electrons. The van der Waals surface area contributed by atoms with Gasteiger partial charge in [0.25, 0.3) is 0 Å². The first-order valence-electron chi connectivity index (χ1n) is 7.92. The number of aryl methyl sites for hydroxylation is 1. The quantitative estimate of drug-likeness (QED) is 0.852. The minimum atomic E-state index is 0.00565. The average molecular weight is 272 g/mol. The van der Waals surface area contributed by atoms with Crippen molar-refractivity contribution in [3.05, 3.63) is 29.8 Å². The molecule has 2 atom stereocenters. The monoisotopic (exact) mass is 272 g/mol. The number of nitrogens with one attached hydrogen (secondary N) is 1. The van der Waals surface area contributed by atoms with E-state index in [4.69, 9.17) is 0 Å². The summed E-state index contributed by atoms with van der Waals surface area (Å²) < 4.78 is 0. The number of rotatable bonds is 1. The number of anilines is 1. The van der Waals surface area contributed by atoms with Crippen LogP contribution >= 0.6 is 0 Å². The highest BCUT2D eigenvalue weighted by molar-refractivity contribution is 5.98. The number of hydrogen-bond donors (Lipinski definition) is 1. The van der Waals surface area contributed by atoms with Crippen molar-refractivity contribution in [3.63, 3.8) is 0 Å². The van der Waals surface area contributed by atoms with Gasteiger partial charge < -0.3 is 10.2 Å². The highest BCUT2D eigenvalue weighted by Gasteiger charge is 2.32. The molecule has 0 aliphatic carbocycles. The van der Waals surface area contributed by atoms with Gasteiger partial charge in [0.15, 0.2) is 0 Å². The van der Waals surface area contributed by atoms with E-state index in [1.165, 1.54) is 18.4 Å². The number of para-hydroxylation sites is 1. The Bertz CT molecular complexity index is 478. The van der Waals surface area contributed by atoms with Crippen LogP contribution in [0.25, 0.3) is 0 Å². The summed E-state index contributed by atoms with van der Waals surface area (Å²) in [6.07, 6.45) is 6.71. The van der Waals surface area contributed by atoms with Crippen molar-refractivity contribution in [2.75, 3.05) is 11.4 Å². The van der Waals surface area contributed by atoms with Crippen LogP contribution in [0.5, 0.6) is 0 Å². The van der Waals surface area contributed by atoms with Crippen LogP contribution in [-0.2, 0) is 11.2 Å². The van der Waals surface area contributed by atoms with Gasteiger partial charge in [-0.25, -0.2) is 0 Å². The van der Waals surface area contributed by atoms with E-state index in [2.05, 4.69) is 30.4 Å². The smallest absolute Gasteiger partial charge is 0.244 e. The summed E-state index contributed by atoms with van der Waals surface area (Å²) >= 11 is 0. The summed E-state index contributed by atoms with van der Waals surface area (Å²) in [4.78, 5) is 15.0. The van der Waals surface area contributed by atoms with Gasteiger partial charge in [0.05, 0.1) is 6.04 Å². The first-order chi connectivity index (χ1) is 9.77. The van der Waals surface area contributed by atoms with Crippen LogP contribution < -0.4 is 10.2 Å². The van der Waals surface area contributed by atoms with E-state index in [-0.39, 0.29) is 11.9 Å². The molecule has 3 rings (SSSR count). The molecule has 0 spiro atoms. The zero-order chi connectivity index (χ0) is 13.9. The molecule has 2 unspecified atom stereocenters. The zero-order valence-corrected chi connectivity index (χ0v) is 12.3. The summed E-state index contributed by atoms with van der Waals surface area (Å²) in [7, 11) is 0. The number of carbonyl (C=O) groups is 1. The van der Waals surface area contributed by atoms with E-state index in [1.54, 1.807) is 0 Å². The second kappa shape index (κ2) is 5.96. The van der Waals surface area contributed by atoms with Crippen molar-refractivity contribution in [3.8, 4) is 0 Å². The highest BCUT2D eigenvalue weighted by atomic mass is 16.2. The predicted molar refractivity (Wildman–Crippen MR) is 82.0 cm³/mol. The maximum absolute atomic E-state index is 12.9. The molecule has 2 heterocycles. The molecule has 3 nitrogen and oxygen atoms in total. The lowest BCUT2D eigenvalue weighted by molar-refractivity contribution is -0.121. The third-order valence-electron chi connectivity index (χ3n) is 4.62. The van der Waals surface area contributed by atoms with E-state index < -0.39 is 0 Å². The Balaban J connectivity index is 1.86. The first kappa shape index (κ1) is 13.6. The van der Waals surface area contributed by atoms with Crippen LogP contribution in [0.4, 0.5) is 5.69 Å². The molecule has 108 valence electrons. The molecule has 0 saturated carbocycles. The van der Waals surface area contributed by atoms with Crippen LogP contribution in [0.1, 0.15) is 44.6 Å². The van der Waals surface area contributed by atoms with Gasteiger partial charge in [-0.2, -0.15) is 0 Å². The molecule has 2 aliphatic rings. The van der Waals surface area contributed by atoms with Crippen LogP contribution in [0.2, 0.25) is 0 Å². The zero-order valence-electron chi connectivity index (χ0n) is 12.3. The number of carbonyl (C=O) groups excluding carboxylic acids is 1. The van der Waals surface area contributed by atoms with Gasteiger partial charge >= 0.3 is 0 Å². The first-order valence-corrected chi connectivity index (χ1v) is 7.92. The van der Waals surface area contributed by atoms with E-state index in [0.717, 1.165) is 37.9 Å². The molecular formula is C17H24N2O. The van der Waals surface area contributed by atoms with Gasteiger partial charge in [-0.05, 0) is 50.8 Å².